The molecule has 3 fully saturated rings. The van der Waals surface area contributed by atoms with E-state index in [1.54, 1.807) is 0 Å². The van der Waals surface area contributed by atoms with Crippen LogP contribution in [0.5, 0.6) is 0 Å². The maximum Gasteiger partial charge on any atom is 0.168 e. The molecule has 2 atom stereocenters. The second-order valence-corrected chi connectivity index (χ2v) is 5.56. The summed E-state index contributed by atoms with van der Waals surface area (Å²) in [6.07, 6.45) is 7.31. The fraction of sp³-hybridized carbons (Fsp3) is 1.00. The number of rotatable bonds is 3. The third-order valence-corrected chi connectivity index (χ3v) is 4.46. The van der Waals surface area contributed by atoms with Crippen LogP contribution in [0.2, 0.25) is 0 Å². The first-order chi connectivity index (χ1) is 7.81. The summed E-state index contributed by atoms with van der Waals surface area (Å²) in [5.74, 6) is 0.765. The van der Waals surface area contributed by atoms with E-state index < -0.39 is 0 Å². The van der Waals surface area contributed by atoms with Gasteiger partial charge in [0, 0.05) is 24.9 Å². The van der Waals surface area contributed by atoms with Crippen molar-refractivity contribution in [2.24, 2.45) is 5.92 Å². The molecule has 1 saturated heterocycles. The summed E-state index contributed by atoms with van der Waals surface area (Å²) in [6, 6.07) is 1.52. The Hall–Kier alpha value is -0.120. The monoisotopic (exact) mass is 225 g/mol. The van der Waals surface area contributed by atoms with Crippen LogP contribution < -0.4 is 5.32 Å². The van der Waals surface area contributed by atoms with Crippen LogP contribution in [0.25, 0.3) is 0 Å². The molecule has 0 amide bonds. The highest BCUT2D eigenvalue weighted by Crippen LogP contribution is 2.38. The normalized spacial score (nSPS) is 38.1. The summed E-state index contributed by atoms with van der Waals surface area (Å²) in [5.41, 5.74) is 0. The third-order valence-electron chi connectivity index (χ3n) is 4.46. The topological polar surface area (TPSA) is 30.5 Å². The average molecular weight is 225 g/mol. The molecular weight excluding hydrogens is 202 g/mol. The van der Waals surface area contributed by atoms with Crippen molar-refractivity contribution in [2.45, 2.75) is 63.3 Å². The first kappa shape index (κ1) is 11.0. The largest absolute Gasteiger partial charge is 0.348 e. The predicted molar refractivity (Wildman–Crippen MR) is 62.2 cm³/mol. The summed E-state index contributed by atoms with van der Waals surface area (Å²) in [5, 5.41) is 3.79. The summed E-state index contributed by atoms with van der Waals surface area (Å²) in [4.78, 5) is 0. The molecule has 3 aliphatic rings. The van der Waals surface area contributed by atoms with Crippen molar-refractivity contribution in [1.29, 1.82) is 0 Å². The van der Waals surface area contributed by atoms with E-state index in [4.69, 9.17) is 9.47 Å². The van der Waals surface area contributed by atoms with Gasteiger partial charge in [-0.1, -0.05) is 13.3 Å². The maximum atomic E-state index is 5.74. The molecule has 0 bridgehead atoms. The average Bonchev–Trinajstić information content (AvgIpc) is 2.92. The van der Waals surface area contributed by atoms with E-state index in [1.807, 2.05) is 0 Å². The molecule has 0 radical (unpaired) electrons. The molecule has 1 spiro atoms. The standard InChI is InChI=1S/C13H23NO2/c1-2-10-9-12(10)14-11-3-5-13(6-4-11)15-7-8-16-13/h10-12,14H,2-9H2,1H3. The van der Waals surface area contributed by atoms with Crippen LogP contribution in [0, 0.1) is 5.92 Å². The third kappa shape index (κ3) is 2.13. The van der Waals surface area contributed by atoms with Crippen LogP contribution in [-0.4, -0.2) is 31.1 Å². The molecule has 3 nitrogen and oxygen atoms in total. The Morgan fingerprint density at radius 3 is 2.44 bits per heavy atom. The van der Waals surface area contributed by atoms with E-state index in [0.29, 0.717) is 6.04 Å². The maximum absolute atomic E-state index is 5.74. The van der Waals surface area contributed by atoms with Crippen LogP contribution in [0.3, 0.4) is 0 Å². The SMILES string of the molecule is CCC1CC1NC1CCC2(CC1)OCCO2. The lowest BCUT2D eigenvalue weighted by Crippen LogP contribution is -2.43. The first-order valence-corrected chi connectivity index (χ1v) is 6.85. The molecule has 92 valence electrons. The van der Waals surface area contributed by atoms with Gasteiger partial charge in [-0.15, -0.1) is 0 Å². The molecular formula is C13H23NO2. The van der Waals surface area contributed by atoms with Crippen LogP contribution in [0.15, 0.2) is 0 Å². The van der Waals surface area contributed by atoms with Crippen molar-refractivity contribution in [3.63, 3.8) is 0 Å². The van der Waals surface area contributed by atoms with Crippen molar-refractivity contribution < 1.29 is 9.47 Å². The van der Waals surface area contributed by atoms with Crippen LogP contribution in [0.1, 0.15) is 45.4 Å². The van der Waals surface area contributed by atoms with Gasteiger partial charge in [0.25, 0.3) is 0 Å². The van der Waals surface area contributed by atoms with Crippen LogP contribution in [-0.2, 0) is 9.47 Å². The van der Waals surface area contributed by atoms with E-state index in [-0.39, 0.29) is 5.79 Å². The summed E-state index contributed by atoms with van der Waals surface area (Å²) in [7, 11) is 0. The summed E-state index contributed by atoms with van der Waals surface area (Å²) >= 11 is 0. The van der Waals surface area contributed by atoms with Gasteiger partial charge < -0.3 is 14.8 Å². The smallest absolute Gasteiger partial charge is 0.168 e. The van der Waals surface area contributed by atoms with Gasteiger partial charge in [0.2, 0.25) is 0 Å². The Bertz CT molecular complexity index is 240. The number of hydrogen-bond donors (Lipinski definition) is 1. The number of ether oxygens (including phenoxy) is 2. The van der Waals surface area contributed by atoms with E-state index in [1.165, 1.54) is 25.7 Å². The van der Waals surface area contributed by atoms with Gasteiger partial charge in [-0.25, -0.2) is 0 Å². The zero-order valence-corrected chi connectivity index (χ0v) is 10.2. The van der Waals surface area contributed by atoms with Gasteiger partial charge in [-0.05, 0) is 25.2 Å². The second-order valence-electron chi connectivity index (χ2n) is 5.56. The van der Waals surface area contributed by atoms with Crippen molar-refractivity contribution in [1.82, 2.24) is 5.32 Å². The molecule has 1 N–H and O–H groups in total. The highest BCUT2D eigenvalue weighted by Gasteiger charge is 2.42. The van der Waals surface area contributed by atoms with Gasteiger partial charge in [0.05, 0.1) is 13.2 Å². The van der Waals surface area contributed by atoms with Gasteiger partial charge in [-0.2, -0.15) is 0 Å². The Labute approximate surface area is 97.9 Å². The molecule has 2 aliphatic carbocycles. The number of hydrogen-bond acceptors (Lipinski definition) is 3. The second kappa shape index (κ2) is 4.28. The molecule has 16 heavy (non-hydrogen) atoms. The molecule has 3 rings (SSSR count). The number of nitrogens with one attached hydrogen (secondary N) is 1. The summed E-state index contributed by atoms with van der Waals surface area (Å²) in [6.45, 7) is 3.87. The van der Waals surface area contributed by atoms with E-state index in [0.717, 1.165) is 38.0 Å². The molecule has 0 aromatic carbocycles. The Morgan fingerprint density at radius 1 is 1.19 bits per heavy atom. The minimum Gasteiger partial charge on any atom is -0.348 e. The van der Waals surface area contributed by atoms with Gasteiger partial charge in [-0.3, -0.25) is 0 Å². The minimum absolute atomic E-state index is 0.189. The van der Waals surface area contributed by atoms with Crippen molar-refractivity contribution in [2.75, 3.05) is 13.2 Å². The van der Waals surface area contributed by atoms with Crippen LogP contribution in [0.4, 0.5) is 0 Å². The first-order valence-electron chi connectivity index (χ1n) is 6.85. The van der Waals surface area contributed by atoms with Crippen molar-refractivity contribution in [3.8, 4) is 0 Å². The summed E-state index contributed by atoms with van der Waals surface area (Å²) < 4.78 is 11.5. The molecule has 1 aliphatic heterocycles. The molecule has 2 unspecified atom stereocenters. The van der Waals surface area contributed by atoms with Gasteiger partial charge >= 0.3 is 0 Å². The Balaban J connectivity index is 1.44. The lowest BCUT2D eigenvalue weighted by Gasteiger charge is -2.35. The molecule has 1 heterocycles. The quantitative estimate of drug-likeness (QED) is 0.797. The van der Waals surface area contributed by atoms with Gasteiger partial charge in [0.15, 0.2) is 5.79 Å². The molecule has 3 heteroatoms. The van der Waals surface area contributed by atoms with Crippen molar-refractivity contribution >= 4 is 0 Å². The molecule has 2 saturated carbocycles. The van der Waals surface area contributed by atoms with Crippen LogP contribution >= 0.6 is 0 Å². The fourth-order valence-corrected chi connectivity index (χ4v) is 3.22. The fourth-order valence-electron chi connectivity index (χ4n) is 3.22. The Morgan fingerprint density at radius 2 is 1.88 bits per heavy atom. The lowest BCUT2D eigenvalue weighted by molar-refractivity contribution is -0.179. The van der Waals surface area contributed by atoms with E-state index in [9.17, 15) is 0 Å². The highest BCUT2D eigenvalue weighted by molar-refractivity contribution is 4.96. The Kier molecular flexibility index (Phi) is 2.94. The van der Waals surface area contributed by atoms with Crippen molar-refractivity contribution in [3.05, 3.63) is 0 Å². The predicted octanol–water partition coefficient (Wildman–Crippen LogP) is 2.06. The molecule has 0 aromatic heterocycles. The van der Waals surface area contributed by atoms with E-state index >= 15 is 0 Å². The lowest BCUT2D eigenvalue weighted by atomic mass is 9.90. The van der Waals surface area contributed by atoms with E-state index in [2.05, 4.69) is 12.2 Å². The zero-order chi connectivity index (χ0) is 11.0. The zero-order valence-electron chi connectivity index (χ0n) is 10.2. The van der Waals surface area contributed by atoms with Gasteiger partial charge in [0.1, 0.15) is 0 Å². The highest BCUT2D eigenvalue weighted by atomic mass is 16.7. The minimum atomic E-state index is -0.189. The molecule has 0 aromatic rings.